The van der Waals surface area contributed by atoms with Crippen molar-refractivity contribution in [3.05, 3.63) is 65.1 Å². The van der Waals surface area contributed by atoms with Crippen LogP contribution in [0.25, 0.3) is 0 Å². The van der Waals surface area contributed by atoms with Gasteiger partial charge in [-0.3, -0.25) is 4.99 Å². The third-order valence-electron chi connectivity index (χ3n) is 7.06. The SMILES string of the molecule is O=C(O)NC(Cc1ccccc1)C(O)CC1(OC2CCCC2)N=CC=C1S(=O)(=O)c1ccc2c(c1)OCO2. The quantitative estimate of drug-likeness (QED) is 0.414. The molecule has 2 heterocycles. The number of sulfone groups is 1. The fraction of sp³-hybridized carbons (Fsp3) is 0.407. The van der Waals surface area contributed by atoms with Gasteiger partial charge >= 0.3 is 6.09 Å². The van der Waals surface area contributed by atoms with Gasteiger partial charge in [0.25, 0.3) is 0 Å². The van der Waals surface area contributed by atoms with Crippen molar-refractivity contribution in [3.8, 4) is 11.5 Å². The number of allylic oxidation sites excluding steroid dienone is 1. The first-order valence-corrected chi connectivity index (χ1v) is 14.1. The molecule has 2 aliphatic heterocycles. The van der Waals surface area contributed by atoms with Crippen molar-refractivity contribution in [1.29, 1.82) is 0 Å². The first-order valence-electron chi connectivity index (χ1n) is 12.6. The Morgan fingerprint density at radius 1 is 1.13 bits per heavy atom. The van der Waals surface area contributed by atoms with Crippen LogP contribution >= 0.6 is 0 Å². The summed E-state index contributed by atoms with van der Waals surface area (Å²) in [5.41, 5.74) is -0.895. The number of hydrogen-bond donors (Lipinski definition) is 3. The molecule has 3 unspecified atom stereocenters. The van der Waals surface area contributed by atoms with Gasteiger partial charge in [0.2, 0.25) is 16.6 Å². The molecule has 0 spiro atoms. The zero-order valence-corrected chi connectivity index (χ0v) is 21.5. The summed E-state index contributed by atoms with van der Waals surface area (Å²) >= 11 is 0. The molecule has 1 saturated carbocycles. The van der Waals surface area contributed by atoms with Gasteiger partial charge in [-0.1, -0.05) is 43.2 Å². The summed E-state index contributed by atoms with van der Waals surface area (Å²) in [4.78, 5) is 15.9. The molecule has 1 fully saturated rings. The second kappa shape index (κ2) is 10.8. The molecule has 0 saturated heterocycles. The molecule has 202 valence electrons. The van der Waals surface area contributed by atoms with Crippen LogP contribution in [0.2, 0.25) is 0 Å². The minimum absolute atomic E-state index is 0.00490. The summed E-state index contributed by atoms with van der Waals surface area (Å²) in [5.74, 6) is 0.773. The number of carbonyl (C=O) groups is 1. The summed E-state index contributed by atoms with van der Waals surface area (Å²) in [6, 6.07) is 12.6. The summed E-state index contributed by atoms with van der Waals surface area (Å²) in [6.07, 6.45) is 3.23. The number of fused-ring (bicyclic) bond motifs is 1. The van der Waals surface area contributed by atoms with Gasteiger partial charge in [-0.25, -0.2) is 13.2 Å². The van der Waals surface area contributed by atoms with Gasteiger partial charge in [0.15, 0.2) is 17.2 Å². The van der Waals surface area contributed by atoms with E-state index in [0.29, 0.717) is 11.5 Å². The van der Waals surface area contributed by atoms with Crippen LogP contribution in [0.4, 0.5) is 4.79 Å². The molecule has 10 nitrogen and oxygen atoms in total. The number of hydrogen-bond acceptors (Lipinski definition) is 8. The van der Waals surface area contributed by atoms with E-state index in [2.05, 4.69) is 10.3 Å². The van der Waals surface area contributed by atoms with Crippen molar-refractivity contribution < 1.29 is 37.6 Å². The van der Waals surface area contributed by atoms with Gasteiger partial charge < -0.3 is 29.7 Å². The van der Waals surface area contributed by atoms with E-state index in [-0.39, 0.29) is 35.5 Å². The van der Waals surface area contributed by atoms with Gasteiger partial charge in [0, 0.05) is 18.7 Å². The van der Waals surface area contributed by atoms with Gasteiger partial charge in [0.05, 0.1) is 23.1 Å². The van der Waals surface area contributed by atoms with Crippen molar-refractivity contribution in [2.45, 2.75) is 67.4 Å². The van der Waals surface area contributed by atoms with Crippen molar-refractivity contribution >= 4 is 22.1 Å². The number of rotatable bonds is 10. The normalized spacial score (nSPS) is 22.3. The molecule has 2 aromatic rings. The number of nitrogens with one attached hydrogen (secondary N) is 1. The van der Waals surface area contributed by atoms with Crippen LogP contribution in [-0.4, -0.2) is 61.7 Å². The van der Waals surface area contributed by atoms with Crippen LogP contribution < -0.4 is 14.8 Å². The smallest absolute Gasteiger partial charge is 0.404 e. The Balaban J connectivity index is 1.47. The predicted octanol–water partition coefficient (Wildman–Crippen LogP) is 3.44. The summed E-state index contributed by atoms with van der Waals surface area (Å²) in [6.45, 7) is 0.00490. The molecular formula is C27H30N2O8S. The third-order valence-corrected chi connectivity index (χ3v) is 8.97. The van der Waals surface area contributed by atoms with Gasteiger partial charge in [-0.15, -0.1) is 0 Å². The zero-order valence-electron chi connectivity index (χ0n) is 20.7. The molecule has 0 bridgehead atoms. The van der Waals surface area contributed by atoms with Crippen molar-refractivity contribution in [2.75, 3.05) is 6.79 Å². The molecule has 5 rings (SSSR count). The number of aliphatic hydroxyl groups excluding tert-OH is 1. The largest absolute Gasteiger partial charge is 0.465 e. The molecule has 0 aromatic heterocycles. The Hall–Kier alpha value is -3.41. The van der Waals surface area contributed by atoms with Crippen molar-refractivity contribution in [1.82, 2.24) is 5.32 Å². The Bertz CT molecular complexity index is 1340. The highest BCUT2D eigenvalue weighted by Gasteiger charge is 2.49. The van der Waals surface area contributed by atoms with E-state index in [4.69, 9.17) is 14.2 Å². The molecule has 0 radical (unpaired) electrons. The second-order valence-corrected chi connectivity index (χ2v) is 11.6. The lowest BCUT2D eigenvalue weighted by Gasteiger charge is -2.36. The average molecular weight is 543 g/mol. The van der Waals surface area contributed by atoms with Crippen LogP contribution in [0.3, 0.4) is 0 Å². The van der Waals surface area contributed by atoms with Gasteiger partial charge in [0.1, 0.15) is 4.91 Å². The molecule has 1 amide bonds. The topological polar surface area (TPSA) is 144 Å². The molecule has 11 heteroatoms. The maximum absolute atomic E-state index is 13.9. The first-order chi connectivity index (χ1) is 18.3. The maximum atomic E-state index is 13.9. The fourth-order valence-electron chi connectivity index (χ4n) is 5.20. The Labute approximate surface area is 220 Å². The highest BCUT2D eigenvalue weighted by molar-refractivity contribution is 7.95. The first kappa shape index (κ1) is 26.2. The second-order valence-electron chi connectivity index (χ2n) is 9.65. The molecule has 3 aliphatic rings. The summed E-state index contributed by atoms with van der Waals surface area (Å²) in [5, 5.41) is 23.2. The molecule has 2 aromatic carbocycles. The number of benzene rings is 2. The van der Waals surface area contributed by atoms with Gasteiger partial charge in [-0.05, 0) is 43.0 Å². The molecule has 1 aliphatic carbocycles. The van der Waals surface area contributed by atoms with Gasteiger partial charge in [-0.2, -0.15) is 0 Å². The monoisotopic (exact) mass is 542 g/mol. The van der Waals surface area contributed by atoms with Crippen molar-refractivity contribution in [2.24, 2.45) is 4.99 Å². The lowest BCUT2D eigenvalue weighted by Crippen LogP contribution is -2.49. The number of ether oxygens (including phenoxy) is 3. The van der Waals surface area contributed by atoms with E-state index in [1.807, 2.05) is 30.3 Å². The Morgan fingerprint density at radius 2 is 1.87 bits per heavy atom. The van der Waals surface area contributed by atoms with E-state index >= 15 is 0 Å². The number of aliphatic hydroxyl groups is 1. The highest BCUT2D eigenvalue weighted by atomic mass is 32.2. The highest BCUT2D eigenvalue weighted by Crippen LogP contribution is 2.43. The number of nitrogens with zero attached hydrogens (tertiary/aromatic N) is 1. The number of amides is 1. The average Bonchev–Trinajstić information content (AvgIpc) is 3.65. The Morgan fingerprint density at radius 3 is 2.61 bits per heavy atom. The van der Waals surface area contributed by atoms with E-state index in [1.54, 1.807) is 0 Å². The number of aliphatic imine (C=N–C) groups is 1. The van der Waals surface area contributed by atoms with E-state index in [9.17, 15) is 23.4 Å². The minimum atomic E-state index is -4.14. The lowest BCUT2D eigenvalue weighted by atomic mass is 9.94. The van der Waals surface area contributed by atoms with E-state index in [0.717, 1.165) is 31.2 Å². The Kier molecular flexibility index (Phi) is 7.42. The minimum Gasteiger partial charge on any atom is -0.465 e. The zero-order chi connectivity index (χ0) is 26.8. The third kappa shape index (κ3) is 5.40. The van der Waals surface area contributed by atoms with E-state index in [1.165, 1.54) is 30.5 Å². The van der Waals surface area contributed by atoms with Crippen LogP contribution in [0.1, 0.15) is 37.7 Å². The van der Waals surface area contributed by atoms with Crippen LogP contribution in [0, 0.1) is 0 Å². The predicted molar refractivity (Wildman–Crippen MR) is 138 cm³/mol. The van der Waals surface area contributed by atoms with Crippen molar-refractivity contribution in [3.63, 3.8) is 0 Å². The molecule has 3 atom stereocenters. The maximum Gasteiger partial charge on any atom is 0.404 e. The molecule has 38 heavy (non-hydrogen) atoms. The summed E-state index contributed by atoms with van der Waals surface area (Å²) in [7, 11) is -4.14. The van der Waals surface area contributed by atoms with Crippen LogP contribution in [0.15, 0.2) is 69.4 Å². The lowest BCUT2D eigenvalue weighted by molar-refractivity contribution is -0.0825. The molecule has 3 N–H and O–H groups in total. The van der Waals surface area contributed by atoms with Crippen LogP contribution in [0.5, 0.6) is 11.5 Å². The molecular weight excluding hydrogens is 512 g/mol. The van der Waals surface area contributed by atoms with Crippen LogP contribution in [-0.2, 0) is 21.0 Å². The summed E-state index contributed by atoms with van der Waals surface area (Å²) < 4.78 is 45.0. The van der Waals surface area contributed by atoms with E-state index < -0.39 is 33.8 Å². The number of carboxylic acid groups (broad SMARTS) is 1. The standard InChI is InChI=1S/C27H30N2O8S/c30-22(21(29-26(31)32)14-18-6-2-1-3-7-18)16-27(37-19-8-4-5-9-19)25(12-13-28-27)38(33,34)20-10-11-23-24(15-20)36-17-35-23/h1-3,6-7,10-13,15,19,21-22,29-30H,4-5,8-9,14,16-17H2,(H,31,32). The fourth-order valence-corrected chi connectivity index (χ4v) is 6.80.